The maximum Gasteiger partial charge on any atom is 0.165 e. The van der Waals surface area contributed by atoms with Gasteiger partial charge in [-0.3, -0.25) is 0 Å². The van der Waals surface area contributed by atoms with Gasteiger partial charge in [0.25, 0.3) is 0 Å². The third-order valence-corrected chi connectivity index (χ3v) is 2.71. The molecule has 0 N–H and O–H groups in total. The lowest BCUT2D eigenvalue weighted by Gasteiger charge is -2.11. The van der Waals surface area contributed by atoms with Gasteiger partial charge in [0, 0.05) is 11.6 Å². The first-order chi connectivity index (χ1) is 7.61. The zero-order valence-corrected chi connectivity index (χ0v) is 9.74. The van der Waals surface area contributed by atoms with Crippen LogP contribution in [0.2, 0.25) is 5.02 Å². The van der Waals surface area contributed by atoms with E-state index in [9.17, 15) is 4.39 Å². The van der Waals surface area contributed by atoms with Gasteiger partial charge in [0.05, 0.1) is 5.02 Å². The summed E-state index contributed by atoms with van der Waals surface area (Å²) >= 11 is 5.91. The van der Waals surface area contributed by atoms with Crippen LogP contribution in [0, 0.1) is 5.82 Å². The largest absolute Gasteiger partial charge is 0.311 e. The predicted octanol–water partition coefficient (Wildman–Crippen LogP) is 3.32. The second-order valence-electron chi connectivity index (χ2n) is 3.76. The lowest BCUT2D eigenvalue weighted by Crippen LogP contribution is -2.02. The highest BCUT2D eigenvalue weighted by atomic mass is 35.5. The molecule has 2 aromatic rings. The molecule has 0 radical (unpaired) electrons. The van der Waals surface area contributed by atoms with Gasteiger partial charge in [-0.1, -0.05) is 17.7 Å². The van der Waals surface area contributed by atoms with E-state index in [-0.39, 0.29) is 11.1 Å². The smallest absolute Gasteiger partial charge is 0.165 e. The Kier molecular flexibility index (Phi) is 2.92. The summed E-state index contributed by atoms with van der Waals surface area (Å²) in [5.41, 5.74) is 0.563. The molecule has 2 rings (SSSR count). The van der Waals surface area contributed by atoms with Gasteiger partial charge in [0.1, 0.15) is 12.1 Å². The molecule has 0 unspecified atom stereocenters. The fourth-order valence-electron chi connectivity index (χ4n) is 1.49. The molecule has 0 aliphatic carbocycles. The molecule has 0 amide bonds. The first kappa shape index (κ1) is 11.1. The maximum atomic E-state index is 13.3. The topological polar surface area (TPSA) is 30.7 Å². The number of hydrogen-bond donors (Lipinski definition) is 0. The highest BCUT2D eigenvalue weighted by molar-refractivity contribution is 6.33. The zero-order valence-electron chi connectivity index (χ0n) is 8.98. The van der Waals surface area contributed by atoms with E-state index in [0.717, 1.165) is 0 Å². The molecule has 3 nitrogen and oxygen atoms in total. The summed E-state index contributed by atoms with van der Waals surface area (Å²) in [4.78, 5) is 0. The van der Waals surface area contributed by atoms with Crippen LogP contribution in [-0.2, 0) is 0 Å². The van der Waals surface area contributed by atoms with Gasteiger partial charge in [-0.2, -0.15) is 0 Å². The van der Waals surface area contributed by atoms with E-state index in [1.807, 2.05) is 18.4 Å². The average molecular weight is 240 g/mol. The van der Waals surface area contributed by atoms with Crippen molar-refractivity contribution in [3.63, 3.8) is 0 Å². The first-order valence-electron chi connectivity index (χ1n) is 4.95. The summed E-state index contributed by atoms with van der Waals surface area (Å²) in [5.74, 6) is 0.136. The van der Waals surface area contributed by atoms with Gasteiger partial charge >= 0.3 is 0 Å². The van der Waals surface area contributed by atoms with E-state index in [0.29, 0.717) is 11.4 Å². The molecule has 0 aliphatic rings. The van der Waals surface area contributed by atoms with Gasteiger partial charge in [-0.25, -0.2) is 4.39 Å². The van der Waals surface area contributed by atoms with Gasteiger partial charge in [-0.05, 0) is 26.0 Å². The standard InChI is InChI=1S/C11H11ClFN3/c1-7(2)16-6-14-15-11(16)8-4-3-5-9(13)10(8)12/h3-7H,1-2H3. The zero-order chi connectivity index (χ0) is 11.7. The molecule has 0 fully saturated rings. The molecule has 1 heterocycles. The van der Waals surface area contributed by atoms with Crippen LogP contribution in [0.4, 0.5) is 4.39 Å². The van der Waals surface area contributed by atoms with Crippen LogP contribution in [0.25, 0.3) is 11.4 Å². The minimum absolute atomic E-state index is 0.0809. The van der Waals surface area contributed by atoms with Crippen molar-refractivity contribution >= 4 is 11.6 Å². The Balaban J connectivity index is 2.59. The van der Waals surface area contributed by atoms with Crippen molar-refractivity contribution in [2.45, 2.75) is 19.9 Å². The van der Waals surface area contributed by atoms with Crippen molar-refractivity contribution in [3.05, 3.63) is 35.4 Å². The molecular weight excluding hydrogens is 229 g/mol. The van der Waals surface area contributed by atoms with Crippen molar-refractivity contribution in [1.29, 1.82) is 0 Å². The van der Waals surface area contributed by atoms with Gasteiger partial charge in [-0.15, -0.1) is 10.2 Å². The quantitative estimate of drug-likeness (QED) is 0.805. The fraction of sp³-hybridized carbons (Fsp3) is 0.273. The molecule has 0 aliphatic heterocycles. The van der Waals surface area contributed by atoms with Crippen LogP contribution >= 0.6 is 11.6 Å². The summed E-state index contributed by atoms with van der Waals surface area (Å²) in [6, 6.07) is 4.86. The Bertz CT molecular complexity index is 508. The van der Waals surface area contributed by atoms with Crippen LogP contribution in [-0.4, -0.2) is 14.8 Å². The Morgan fingerprint density at radius 1 is 1.38 bits per heavy atom. The lowest BCUT2D eigenvalue weighted by molar-refractivity contribution is 0.602. The van der Waals surface area contributed by atoms with Crippen LogP contribution in [0.15, 0.2) is 24.5 Å². The Morgan fingerprint density at radius 3 is 2.81 bits per heavy atom. The predicted molar refractivity (Wildman–Crippen MR) is 60.8 cm³/mol. The monoisotopic (exact) mass is 239 g/mol. The van der Waals surface area contributed by atoms with Crippen molar-refractivity contribution in [2.75, 3.05) is 0 Å². The molecule has 1 aromatic carbocycles. The highest BCUT2D eigenvalue weighted by Crippen LogP contribution is 2.29. The number of halogens is 2. The number of aromatic nitrogens is 3. The number of rotatable bonds is 2. The lowest BCUT2D eigenvalue weighted by atomic mass is 10.2. The van der Waals surface area contributed by atoms with E-state index in [1.54, 1.807) is 18.5 Å². The molecule has 84 valence electrons. The summed E-state index contributed by atoms with van der Waals surface area (Å²) in [6.07, 6.45) is 1.61. The van der Waals surface area contributed by atoms with Crippen molar-refractivity contribution in [2.24, 2.45) is 0 Å². The molecule has 1 aromatic heterocycles. The summed E-state index contributed by atoms with van der Waals surface area (Å²) in [5, 5.41) is 7.87. The number of nitrogens with zero attached hydrogens (tertiary/aromatic N) is 3. The van der Waals surface area contributed by atoms with E-state index in [1.165, 1.54) is 6.07 Å². The minimum atomic E-state index is -0.447. The molecule has 0 saturated carbocycles. The number of hydrogen-bond acceptors (Lipinski definition) is 2. The van der Waals surface area contributed by atoms with Crippen molar-refractivity contribution in [1.82, 2.24) is 14.8 Å². The second-order valence-corrected chi connectivity index (χ2v) is 4.13. The molecular formula is C11H11ClFN3. The van der Waals surface area contributed by atoms with Crippen molar-refractivity contribution < 1.29 is 4.39 Å². The highest BCUT2D eigenvalue weighted by Gasteiger charge is 2.14. The normalized spacial score (nSPS) is 11.1. The Hall–Kier alpha value is -1.42. The van der Waals surface area contributed by atoms with E-state index in [4.69, 9.17) is 11.6 Å². The molecule has 0 atom stereocenters. The van der Waals surface area contributed by atoms with E-state index >= 15 is 0 Å². The second kappa shape index (κ2) is 4.22. The van der Waals surface area contributed by atoms with Crippen LogP contribution in [0.3, 0.4) is 0 Å². The molecule has 16 heavy (non-hydrogen) atoms. The third-order valence-electron chi connectivity index (χ3n) is 2.32. The number of benzene rings is 1. The maximum absolute atomic E-state index is 13.3. The first-order valence-corrected chi connectivity index (χ1v) is 5.33. The van der Waals surface area contributed by atoms with Crippen LogP contribution in [0.5, 0.6) is 0 Å². The molecule has 5 heteroatoms. The van der Waals surface area contributed by atoms with E-state index < -0.39 is 5.82 Å². The average Bonchev–Trinajstić information content (AvgIpc) is 2.70. The summed E-state index contributed by atoms with van der Waals surface area (Å²) < 4.78 is 15.2. The summed E-state index contributed by atoms with van der Waals surface area (Å²) in [7, 11) is 0. The SMILES string of the molecule is CC(C)n1cnnc1-c1cccc(F)c1Cl. The van der Waals surface area contributed by atoms with Crippen molar-refractivity contribution in [3.8, 4) is 11.4 Å². The minimum Gasteiger partial charge on any atom is -0.311 e. The van der Waals surface area contributed by atoms with E-state index in [2.05, 4.69) is 10.2 Å². The molecule has 0 spiro atoms. The van der Waals surface area contributed by atoms with Gasteiger partial charge in [0.15, 0.2) is 5.82 Å². The van der Waals surface area contributed by atoms with Crippen LogP contribution < -0.4 is 0 Å². The molecule has 0 bridgehead atoms. The van der Waals surface area contributed by atoms with Gasteiger partial charge in [0.2, 0.25) is 0 Å². The third kappa shape index (κ3) is 1.80. The van der Waals surface area contributed by atoms with Crippen LogP contribution in [0.1, 0.15) is 19.9 Å². The van der Waals surface area contributed by atoms with Gasteiger partial charge < -0.3 is 4.57 Å². The summed E-state index contributed by atoms with van der Waals surface area (Å²) in [6.45, 7) is 4.00. The fourth-order valence-corrected chi connectivity index (χ4v) is 1.70. The molecule has 0 saturated heterocycles. The Morgan fingerprint density at radius 2 is 2.12 bits per heavy atom. The Labute approximate surface area is 97.9 Å².